The second-order valence-corrected chi connectivity index (χ2v) is 15.5. The van der Waals surface area contributed by atoms with E-state index in [0.717, 1.165) is 18.7 Å². The predicted molar refractivity (Wildman–Crippen MR) is 198 cm³/mol. The van der Waals surface area contributed by atoms with Gasteiger partial charge in [-0.05, 0) is 100 Å². The maximum absolute atomic E-state index is 5.72. The van der Waals surface area contributed by atoms with Crippen molar-refractivity contribution < 1.29 is 4.42 Å². The molecule has 3 saturated carbocycles. The number of hydrogen-bond acceptors (Lipinski definition) is 2. The third-order valence-electron chi connectivity index (χ3n) is 11.6. The standard InChI is InChI=1S/C42H43N3OP/c1-3-12-28(13-4-1)32-20-7-16-30-18-9-22-34(39(30)32)36-25-26-37(42-41(36)44-47(45-42)43-38-24-11-27-46-38)35-23-10-19-31-17-8-21-33(40(31)35)29-14-5-2-6-15-29/h7-11,16-24,27-29,36-37H,1-6,12-15,25-26H2/q+1/p+1. The van der Waals surface area contributed by atoms with Crippen LogP contribution in [0.15, 0.2) is 95.6 Å². The zero-order chi connectivity index (χ0) is 31.2. The molecule has 4 aliphatic rings. The first kappa shape index (κ1) is 29.1. The molecule has 2 atom stereocenters. The van der Waals surface area contributed by atoms with Crippen molar-refractivity contribution >= 4 is 46.5 Å². The summed E-state index contributed by atoms with van der Waals surface area (Å²) in [4.78, 5) is 0. The summed E-state index contributed by atoms with van der Waals surface area (Å²) >= 11 is 0. The van der Waals surface area contributed by atoms with Crippen LogP contribution < -0.4 is 13.9 Å². The Balaban J connectivity index is 1.19. The van der Waals surface area contributed by atoms with Crippen LogP contribution in [0, 0.1) is 0 Å². The van der Waals surface area contributed by atoms with E-state index in [1.807, 2.05) is 12.1 Å². The van der Waals surface area contributed by atoms with Crippen molar-refractivity contribution in [2.45, 2.75) is 101 Å². The normalized spacial score (nSPS) is 22.8. The van der Waals surface area contributed by atoms with Crippen LogP contribution in [-0.4, -0.2) is 11.4 Å². The highest BCUT2D eigenvalue weighted by Gasteiger charge is 2.53. The van der Waals surface area contributed by atoms with Gasteiger partial charge in [-0.1, -0.05) is 111 Å². The SMILES string of the molecule is c1coc(NP2=[N+]=C3C(=[N+]=2)C(c2cccc4cccc(C5CCCCC5)c24)CCC3c2cccc3cccc(C4CCCCC4)c23)c1. The quantitative estimate of drug-likeness (QED) is 0.149. The van der Waals surface area contributed by atoms with Gasteiger partial charge in [0, 0.05) is 14.9 Å². The van der Waals surface area contributed by atoms with E-state index in [-0.39, 0.29) is 11.8 Å². The minimum absolute atomic E-state index is 0.233. The number of fused-ring (bicyclic) bond motifs is 3. The molecule has 0 radical (unpaired) electrons. The molecule has 4 aromatic carbocycles. The fraction of sp³-hybridized carbons (Fsp3) is 0.381. The van der Waals surface area contributed by atoms with E-state index in [2.05, 4.69) is 77.9 Å². The summed E-state index contributed by atoms with van der Waals surface area (Å²) in [7, 11) is -1.17. The first-order valence-corrected chi connectivity index (χ1v) is 19.4. The summed E-state index contributed by atoms with van der Waals surface area (Å²) in [5.74, 6) is 2.51. The first-order valence-electron chi connectivity index (χ1n) is 18.1. The fourth-order valence-corrected chi connectivity index (χ4v) is 10.8. The monoisotopic (exact) mass is 637 g/mol. The molecule has 1 N–H and O–H groups in total. The fourth-order valence-electron chi connectivity index (χ4n) is 9.42. The zero-order valence-corrected chi connectivity index (χ0v) is 28.1. The van der Waals surface area contributed by atoms with Gasteiger partial charge in [-0.15, -0.1) is 0 Å². The Kier molecular flexibility index (Phi) is 7.75. The Bertz CT molecular complexity index is 1990. The lowest BCUT2D eigenvalue weighted by Gasteiger charge is -2.28. The van der Waals surface area contributed by atoms with Crippen LogP contribution in [0.2, 0.25) is 0 Å². The molecule has 4 nitrogen and oxygen atoms in total. The molecule has 1 aliphatic heterocycles. The van der Waals surface area contributed by atoms with Crippen molar-refractivity contribution in [3.05, 3.63) is 113 Å². The summed E-state index contributed by atoms with van der Waals surface area (Å²) in [6, 6.07) is 31.9. The predicted octanol–water partition coefficient (Wildman–Crippen LogP) is 11.2. The Morgan fingerprint density at radius 1 is 0.511 bits per heavy atom. The summed E-state index contributed by atoms with van der Waals surface area (Å²) in [5.41, 5.74) is 8.40. The second-order valence-electron chi connectivity index (χ2n) is 14.3. The van der Waals surface area contributed by atoms with Crippen molar-refractivity contribution in [2.24, 2.45) is 0 Å². The molecule has 2 heterocycles. The topological polar surface area (TPSA) is 53.4 Å². The van der Waals surface area contributed by atoms with Crippen LogP contribution in [0.4, 0.5) is 5.88 Å². The third kappa shape index (κ3) is 5.34. The molecule has 0 amide bonds. The number of benzene rings is 4. The lowest BCUT2D eigenvalue weighted by molar-refractivity contribution is 0.445. The van der Waals surface area contributed by atoms with Gasteiger partial charge >= 0.3 is 19.1 Å². The number of nitrogens with one attached hydrogen (secondary N) is 1. The molecule has 0 bridgehead atoms. The number of hydrogen-bond donors (Lipinski definition) is 1. The number of nitrogens with zero attached hydrogens (tertiary/aromatic N) is 2. The number of rotatable bonds is 6. The lowest BCUT2D eigenvalue weighted by Crippen LogP contribution is -2.35. The smallest absolute Gasteiger partial charge is 0.448 e. The zero-order valence-electron chi connectivity index (χ0n) is 27.2. The van der Waals surface area contributed by atoms with Crippen molar-refractivity contribution in [1.29, 1.82) is 0 Å². The largest absolute Gasteiger partial charge is 0.776 e. The van der Waals surface area contributed by atoms with Gasteiger partial charge in [0.2, 0.25) is 5.88 Å². The van der Waals surface area contributed by atoms with Crippen LogP contribution >= 0.6 is 7.66 Å². The molecule has 3 aliphatic carbocycles. The van der Waals surface area contributed by atoms with E-state index in [0.29, 0.717) is 11.8 Å². The van der Waals surface area contributed by atoms with Crippen LogP contribution in [0.5, 0.6) is 0 Å². The van der Waals surface area contributed by atoms with E-state index in [1.165, 1.54) is 108 Å². The summed E-state index contributed by atoms with van der Waals surface area (Å²) in [6.07, 6.45) is 17.2. The second kappa shape index (κ2) is 12.5. The van der Waals surface area contributed by atoms with Gasteiger partial charge in [-0.25, -0.2) is 0 Å². The number of anilines is 1. The molecule has 9 rings (SSSR count). The Hall–Kier alpha value is -4.06. The summed E-state index contributed by atoms with van der Waals surface area (Å²) in [6.45, 7) is 0. The molecule has 1 aromatic heterocycles. The molecule has 236 valence electrons. The summed E-state index contributed by atoms with van der Waals surface area (Å²) < 4.78 is 16.7. The van der Waals surface area contributed by atoms with Gasteiger partial charge in [-0.3, -0.25) is 0 Å². The average molecular weight is 638 g/mol. The molecular weight excluding hydrogens is 593 g/mol. The van der Waals surface area contributed by atoms with Crippen LogP contribution in [0.25, 0.3) is 21.5 Å². The van der Waals surface area contributed by atoms with Gasteiger partial charge in [0.15, 0.2) is 0 Å². The molecule has 0 saturated heterocycles. The van der Waals surface area contributed by atoms with Gasteiger partial charge in [0.25, 0.3) is 0 Å². The molecule has 2 unspecified atom stereocenters. The maximum Gasteiger partial charge on any atom is 0.776 e. The van der Waals surface area contributed by atoms with Gasteiger partial charge in [-0.2, -0.15) is 5.09 Å². The van der Waals surface area contributed by atoms with E-state index >= 15 is 0 Å². The first-order chi connectivity index (χ1) is 23.3. The van der Waals surface area contributed by atoms with Crippen LogP contribution in [-0.2, 0) is 0 Å². The Morgan fingerprint density at radius 3 is 1.43 bits per heavy atom. The molecule has 5 heteroatoms. The summed E-state index contributed by atoms with van der Waals surface area (Å²) in [5, 5.41) is 9.24. The van der Waals surface area contributed by atoms with Crippen molar-refractivity contribution in [3.8, 4) is 0 Å². The highest BCUT2D eigenvalue weighted by Crippen LogP contribution is 2.46. The van der Waals surface area contributed by atoms with Crippen molar-refractivity contribution in [2.75, 3.05) is 5.09 Å². The Labute approximate surface area is 278 Å². The highest BCUT2D eigenvalue weighted by atomic mass is 31.1. The minimum Gasteiger partial charge on any atom is -0.448 e. The molecule has 0 spiro atoms. The molecular formula is C42H44N3OP+2. The van der Waals surface area contributed by atoms with E-state index in [1.54, 1.807) is 17.4 Å². The van der Waals surface area contributed by atoms with Crippen molar-refractivity contribution in [1.82, 2.24) is 8.84 Å². The van der Waals surface area contributed by atoms with Gasteiger partial charge in [0.05, 0.1) is 18.1 Å². The van der Waals surface area contributed by atoms with E-state index in [4.69, 9.17) is 13.3 Å². The molecule has 47 heavy (non-hydrogen) atoms. The van der Waals surface area contributed by atoms with E-state index in [9.17, 15) is 0 Å². The maximum atomic E-state index is 5.72. The van der Waals surface area contributed by atoms with Gasteiger partial charge < -0.3 is 4.42 Å². The van der Waals surface area contributed by atoms with Crippen LogP contribution in [0.1, 0.15) is 123 Å². The molecule has 5 aromatic rings. The third-order valence-corrected chi connectivity index (χ3v) is 12.8. The highest BCUT2D eigenvalue weighted by molar-refractivity contribution is 7.38. The van der Waals surface area contributed by atoms with Crippen LogP contribution in [0.3, 0.4) is 0 Å². The number of furan rings is 1. The van der Waals surface area contributed by atoms with Crippen molar-refractivity contribution in [3.63, 3.8) is 0 Å². The Morgan fingerprint density at radius 2 is 0.979 bits per heavy atom. The average Bonchev–Trinajstić information content (AvgIpc) is 3.81. The minimum atomic E-state index is -1.17. The van der Waals surface area contributed by atoms with E-state index < -0.39 is 7.66 Å². The molecule has 3 fully saturated rings. The van der Waals surface area contributed by atoms with Gasteiger partial charge in [0.1, 0.15) is 0 Å². The lowest BCUT2D eigenvalue weighted by atomic mass is 9.70.